The van der Waals surface area contributed by atoms with Crippen molar-refractivity contribution < 1.29 is 9.53 Å². The fraction of sp³-hybridized carbons (Fsp3) is 0.235. The lowest BCUT2D eigenvalue weighted by Gasteiger charge is -2.31. The number of hydrogen-bond acceptors (Lipinski definition) is 2. The predicted octanol–water partition coefficient (Wildman–Crippen LogP) is 4.51. The van der Waals surface area contributed by atoms with E-state index in [1.165, 1.54) is 0 Å². The van der Waals surface area contributed by atoms with Gasteiger partial charge in [0.15, 0.2) is 0 Å². The minimum absolute atomic E-state index is 0.0131. The van der Waals surface area contributed by atoms with E-state index < -0.39 is 0 Å². The van der Waals surface area contributed by atoms with E-state index in [4.69, 9.17) is 27.9 Å². The Labute approximate surface area is 139 Å². The van der Waals surface area contributed by atoms with E-state index in [2.05, 4.69) is 0 Å². The van der Waals surface area contributed by atoms with Crippen LogP contribution in [0.25, 0.3) is 11.1 Å². The number of carbonyl (C=O) groups is 1. The van der Waals surface area contributed by atoms with Crippen LogP contribution in [-0.2, 0) is 0 Å². The average molecular weight is 336 g/mol. The fourth-order valence-corrected chi connectivity index (χ4v) is 2.89. The number of ether oxygens (including phenoxy) is 1. The van der Waals surface area contributed by atoms with Gasteiger partial charge >= 0.3 is 0 Å². The van der Waals surface area contributed by atoms with Gasteiger partial charge in [-0.25, -0.2) is 0 Å². The number of halogens is 2. The molecule has 2 aromatic rings. The summed E-state index contributed by atoms with van der Waals surface area (Å²) in [6.07, 6.45) is 1.06. The smallest absolute Gasteiger partial charge is 0.255 e. The highest BCUT2D eigenvalue weighted by molar-refractivity contribution is 6.34. The minimum atomic E-state index is -0.0131. The normalized spacial score (nSPS) is 13.7. The van der Waals surface area contributed by atoms with Crippen molar-refractivity contribution in [2.24, 2.45) is 0 Å². The molecule has 0 N–H and O–H groups in total. The van der Waals surface area contributed by atoms with Gasteiger partial charge in [0.2, 0.25) is 0 Å². The van der Waals surface area contributed by atoms with Gasteiger partial charge in [0, 0.05) is 23.7 Å². The third kappa shape index (κ3) is 2.79. The topological polar surface area (TPSA) is 29.5 Å². The lowest BCUT2D eigenvalue weighted by Crippen LogP contribution is -2.42. The van der Waals surface area contributed by atoms with Crippen molar-refractivity contribution in [3.8, 4) is 16.9 Å². The number of methoxy groups -OCH3 is 1. The number of amides is 1. The fourth-order valence-electron chi connectivity index (χ4n) is 2.45. The molecule has 114 valence electrons. The van der Waals surface area contributed by atoms with Crippen LogP contribution in [0.15, 0.2) is 36.4 Å². The molecule has 1 aliphatic rings. The molecule has 2 aromatic carbocycles. The Morgan fingerprint density at radius 2 is 1.91 bits per heavy atom. The monoisotopic (exact) mass is 335 g/mol. The third-order valence-electron chi connectivity index (χ3n) is 3.82. The molecule has 0 saturated carbocycles. The second-order valence-corrected chi connectivity index (χ2v) is 6.03. The summed E-state index contributed by atoms with van der Waals surface area (Å²) in [5.41, 5.74) is 2.25. The van der Waals surface area contributed by atoms with Crippen molar-refractivity contribution in [3.63, 3.8) is 0 Å². The maximum absolute atomic E-state index is 12.3. The van der Waals surface area contributed by atoms with E-state index in [9.17, 15) is 4.79 Å². The Kier molecular flexibility index (Phi) is 4.27. The van der Waals surface area contributed by atoms with Crippen molar-refractivity contribution in [3.05, 3.63) is 52.0 Å². The van der Waals surface area contributed by atoms with Crippen LogP contribution >= 0.6 is 23.2 Å². The summed E-state index contributed by atoms with van der Waals surface area (Å²) in [7, 11) is 1.61. The van der Waals surface area contributed by atoms with E-state index in [1.807, 2.05) is 18.2 Å². The largest absolute Gasteiger partial charge is 0.496 e. The SMILES string of the molecule is COc1ccc(Cl)cc1-c1ccc(C(=O)N2CCC2)c(Cl)c1. The lowest BCUT2D eigenvalue weighted by atomic mass is 10.0. The van der Waals surface area contributed by atoms with Crippen LogP contribution in [0, 0.1) is 0 Å². The van der Waals surface area contributed by atoms with Gasteiger partial charge in [0.05, 0.1) is 17.7 Å². The van der Waals surface area contributed by atoms with Gasteiger partial charge < -0.3 is 9.64 Å². The zero-order chi connectivity index (χ0) is 15.7. The molecule has 3 rings (SSSR count). The quantitative estimate of drug-likeness (QED) is 0.825. The van der Waals surface area contributed by atoms with Gasteiger partial charge in [0.1, 0.15) is 5.75 Å². The summed E-state index contributed by atoms with van der Waals surface area (Å²) in [5.74, 6) is 0.697. The first-order chi connectivity index (χ1) is 10.6. The van der Waals surface area contributed by atoms with Crippen LogP contribution < -0.4 is 4.74 Å². The summed E-state index contributed by atoms with van der Waals surface area (Å²) in [6, 6.07) is 10.8. The molecular weight excluding hydrogens is 321 g/mol. The van der Waals surface area contributed by atoms with E-state index >= 15 is 0 Å². The number of rotatable bonds is 3. The Morgan fingerprint density at radius 1 is 1.14 bits per heavy atom. The summed E-state index contributed by atoms with van der Waals surface area (Å²) in [6.45, 7) is 1.61. The first-order valence-electron chi connectivity index (χ1n) is 7.03. The van der Waals surface area contributed by atoms with Crippen LogP contribution in [0.1, 0.15) is 16.8 Å². The molecule has 1 aliphatic heterocycles. The summed E-state index contributed by atoms with van der Waals surface area (Å²) in [5, 5.41) is 1.06. The molecule has 1 fully saturated rings. The van der Waals surface area contributed by atoms with Crippen molar-refractivity contribution in [2.45, 2.75) is 6.42 Å². The van der Waals surface area contributed by atoms with E-state index in [0.717, 1.165) is 30.6 Å². The highest BCUT2D eigenvalue weighted by atomic mass is 35.5. The molecule has 0 aromatic heterocycles. The molecule has 1 heterocycles. The molecule has 1 amide bonds. The van der Waals surface area contributed by atoms with E-state index in [0.29, 0.717) is 21.4 Å². The maximum atomic E-state index is 12.3. The zero-order valence-electron chi connectivity index (χ0n) is 12.1. The van der Waals surface area contributed by atoms with Crippen molar-refractivity contribution in [1.82, 2.24) is 4.90 Å². The number of nitrogens with zero attached hydrogens (tertiary/aromatic N) is 1. The molecule has 1 saturated heterocycles. The molecular formula is C17H15Cl2NO2. The Bertz CT molecular complexity index is 727. The Hall–Kier alpha value is -1.71. The standard InChI is InChI=1S/C17H15Cl2NO2/c1-22-16-6-4-12(18)10-14(16)11-3-5-13(15(19)9-11)17(21)20-7-2-8-20/h3-6,9-10H,2,7-8H2,1H3. The van der Waals surface area contributed by atoms with Crippen molar-refractivity contribution >= 4 is 29.1 Å². The molecule has 0 unspecified atom stereocenters. The summed E-state index contributed by atoms with van der Waals surface area (Å²) >= 11 is 12.4. The summed E-state index contributed by atoms with van der Waals surface area (Å²) in [4.78, 5) is 14.1. The molecule has 0 radical (unpaired) electrons. The number of hydrogen-bond donors (Lipinski definition) is 0. The zero-order valence-corrected chi connectivity index (χ0v) is 13.6. The van der Waals surface area contributed by atoms with Crippen molar-refractivity contribution in [1.29, 1.82) is 0 Å². The number of benzene rings is 2. The molecule has 3 nitrogen and oxygen atoms in total. The molecule has 22 heavy (non-hydrogen) atoms. The second-order valence-electron chi connectivity index (χ2n) is 5.18. The van der Waals surface area contributed by atoms with Gasteiger partial charge in [-0.2, -0.15) is 0 Å². The third-order valence-corrected chi connectivity index (χ3v) is 4.36. The van der Waals surface area contributed by atoms with Crippen LogP contribution in [0.4, 0.5) is 0 Å². The average Bonchev–Trinajstić information content (AvgIpc) is 2.45. The van der Waals surface area contributed by atoms with Gasteiger partial charge in [-0.15, -0.1) is 0 Å². The number of likely N-dealkylation sites (tertiary alicyclic amines) is 1. The molecule has 0 atom stereocenters. The van der Waals surface area contributed by atoms with Crippen molar-refractivity contribution in [2.75, 3.05) is 20.2 Å². The first kappa shape index (κ1) is 15.2. The van der Waals surface area contributed by atoms with E-state index in [1.54, 1.807) is 30.2 Å². The van der Waals surface area contributed by atoms with Gasteiger partial charge in [-0.3, -0.25) is 4.79 Å². The second kappa shape index (κ2) is 6.19. The van der Waals surface area contributed by atoms with E-state index in [-0.39, 0.29) is 5.91 Å². The minimum Gasteiger partial charge on any atom is -0.496 e. The Balaban J connectivity index is 1.98. The molecule has 0 bridgehead atoms. The first-order valence-corrected chi connectivity index (χ1v) is 7.78. The molecule has 5 heteroatoms. The van der Waals surface area contributed by atoms with Crippen LogP contribution in [-0.4, -0.2) is 31.0 Å². The van der Waals surface area contributed by atoms with Gasteiger partial charge in [0.25, 0.3) is 5.91 Å². The van der Waals surface area contributed by atoms with Gasteiger partial charge in [-0.05, 0) is 42.3 Å². The summed E-state index contributed by atoms with van der Waals surface area (Å²) < 4.78 is 5.36. The highest BCUT2D eigenvalue weighted by Gasteiger charge is 2.23. The molecule has 0 aliphatic carbocycles. The lowest BCUT2D eigenvalue weighted by molar-refractivity contribution is 0.0652. The van der Waals surface area contributed by atoms with Crippen LogP contribution in [0.3, 0.4) is 0 Å². The maximum Gasteiger partial charge on any atom is 0.255 e. The number of carbonyl (C=O) groups excluding carboxylic acids is 1. The van der Waals surface area contributed by atoms with Crippen LogP contribution in [0.2, 0.25) is 10.0 Å². The Morgan fingerprint density at radius 3 is 2.50 bits per heavy atom. The van der Waals surface area contributed by atoms with Crippen LogP contribution in [0.5, 0.6) is 5.75 Å². The highest BCUT2D eigenvalue weighted by Crippen LogP contribution is 2.35. The predicted molar refractivity (Wildman–Crippen MR) is 89.0 cm³/mol. The van der Waals surface area contributed by atoms with Gasteiger partial charge in [-0.1, -0.05) is 29.3 Å². The molecule has 0 spiro atoms.